The molecule has 1 aromatic heterocycles. The van der Waals surface area contributed by atoms with Gasteiger partial charge in [0, 0.05) is 6.07 Å². The van der Waals surface area contributed by atoms with Gasteiger partial charge in [-0.25, -0.2) is 9.37 Å². The molecule has 5 nitrogen and oxygen atoms in total. The number of para-hydroxylation sites is 2. The van der Waals surface area contributed by atoms with Crippen LogP contribution in [-0.4, -0.2) is 14.9 Å². The number of nitro benzene ring substituents is 1. The van der Waals surface area contributed by atoms with Gasteiger partial charge in [-0.1, -0.05) is 12.1 Å². The average Bonchev–Trinajstić information content (AvgIpc) is 2.80. The number of aromatic nitrogens is 2. The Bertz CT molecular complexity index is 793. The first-order valence-electron chi connectivity index (χ1n) is 5.96. The molecule has 0 saturated heterocycles. The van der Waals surface area contributed by atoms with Crippen LogP contribution >= 0.6 is 0 Å². The minimum atomic E-state index is -0.657. The van der Waals surface area contributed by atoms with E-state index in [-0.39, 0.29) is 17.1 Å². The lowest BCUT2D eigenvalue weighted by molar-refractivity contribution is -0.384. The molecule has 1 N–H and O–H groups in total. The molecule has 0 saturated carbocycles. The van der Waals surface area contributed by atoms with Crippen LogP contribution in [-0.2, 0) is 0 Å². The predicted molar refractivity (Wildman–Crippen MR) is 72.9 cm³/mol. The molecule has 0 amide bonds. The number of hydrogen-bond acceptors (Lipinski definition) is 3. The van der Waals surface area contributed by atoms with Gasteiger partial charge in [-0.2, -0.15) is 0 Å². The van der Waals surface area contributed by atoms with Gasteiger partial charge in [0.15, 0.2) is 0 Å². The summed E-state index contributed by atoms with van der Waals surface area (Å²) in [6.45, 7) is 1.61. The van der Waals surface area contributed by atoms with E-state index in [1.165, 1.54) is 12.1 Å². The molecule has 100 valence electrons. The van der Waals surface area contributed by atoms with Crippen LogP contribution in [0, 0.1) is 22.9 Å². The lowest BCUT2D eigenvalue weighted by Crippen LogP contribution is -1.97. The first kappa shape index (κ1) is 12.3. The van der Waals surface area contributed by atoms with Gasteiger partial charge in [-0.05, 0) is 30.7 Å². The summed E-state index contributed by atoms with van der Waals surface area (Å²) in [5, 5.41) is 11.1. The first-order valence-corrected chi connectivity index (χ1v) is 5.96. The number of fused-ring (bicyclic) bond motifs is 1. The van der Waals surface area contributed by atoms with E-state index in [0.29, 0.717) is 16.6 Å². The molecule has 0 aliphatic rings. The van der Waals surface area contributed by atoms with Gasteiger partial charge in [-0.15, -0.1) is 0 Å². The number of hydrogen-bond donors (Lipinski definition) is 1. The second-order valence-corrected chi connectivity index (χ2v) is 4.50. The summed E-state index contributed by atoms with van der Waals surface area (Å²) in [7, 11) is 0. The molecule has 0 fully saturated rings. The first-order chi connectivity index (χ1) is 9.56. The highest BCUT2D eigenvalue weighted by Gasteiger charge is 2.23. The largest absolute Gasteiger partial charge is 0.338 e. The van der Waals surface area contributed by atoms with E-state index in [1.807, 2.05) is 6.07 Å². The molecule has 1 heterocycles. The van der Waals surface area contributed by atoms with Gasteiger partial charge < -0.3 is 4.98 Å². The van der Waals surface area contributed by atoms with E-state index in [2.05, 4.69) is 9.97 Å². The fourth-order valence-electron chi connectivity index (χ4n) is 2.17. The summed E-state index contributed by atoms with van der Waals surface area (Å²) in [6.07, 6.45) is 0. The van der Waals surface area contributed by atoms with Gasteiger partial charge in [0.1, 0.15) is 17.2 Å². The fourth-order valence-corrected chi connectivity index (χ4v) is 2.17. The summed E-state index contributed by atoms with van der Waals surface area (Å²) in [5.74, 6) is -0.494. The standard InChI is InChI=1S/C14H10FN3O2/c1-8-6-9(15)13(12(7-8)18(19)20)14-16-10-4-2-3-5-11(10)17-14/h2-7H,1H3,(H,16,17). The Kier molecular flexibility index (Phi) is 2.71. The van der Waals surface area contributed by atoms with Crippen LogP contribution in [0.25, 0.3) is 22.4 Å². The Morgan fingerprint density at radius 2 is 2.05 bits per heavy atom. The van der Waals surface area contributed by atoms with E-state index in [4.69, 9.17) is 0 Å². The molecule has 0 bridgehead atoms. The summed E-state index contributed by atoms with van der Waals surface area (Å²) in [6, 6.07) is 9.75. The number of rotatable bonds is 2. The molecule has 0 unspecified atom stereocenters. The van der Waals surface area contributed by atoms with Gasteiger partial charge in [0.25, 0.3) is 5.69 Å². The third-order valence-corrected chi connectivity index (χ3v) is 3.04. The maximum atomic E-state index is 14.1. The zero-order valence-corrected chi connectivity index (χ0v) is 10.6. The quantitative estimate of drug-likeness (QED) is 0.572. The molecule has 6 heteroatoms. The summed E-state index contributed by atoms with van der Waals surface area (Å²) >= 11 is 0. The second kappa shape index (κ2) is 4.41. The van der Waals surface area contributed by atoms with Crippen LogP contribution in [0.4, 0.5) is 10.1 Å². The van der Waals surface area contributed by atoms with Crippen molar-refractivity contribution in [3.63, 3.8) is 0 Å². The van der Waals surface area contributed by atoms with Crippen molar-refractivity contribution < 1.29 is 9.31 Å². The molecule has 0 radical (unpaired) electrons. The average molecular weight is 271 g/mol. The fraction of sp³-hybridized carbons (Fsp3) is 0.0714. The molecule has 3 rings (SSSR count). The highest BCUT2D eigenvalue weighted by Crippen LogP contribution is 2.32. The number of halogens is 1. The minimum Gasteiger partial charge on any atom is -0.338 e. The van der Waals surface area contributed by atoms with E-state index in [9.17, 15) is 14.5 Å². The number of nitro groups is 1. The van der Waals surface area contributed by atoms with Crippen LogP contribution in [0.1, 0.15) is 5.56 Å². The number of aromatic amines is 1. The summed E-state index contributed by atoms with van der Waals surface area (Å²) in [5.41, 5.74) is 1.43. The minimum absolute atomic E-state index is 0.114. The SMILES string of the molecule is Cc1cc(F)c(-c2nc3ccccc3[nH]2)c([N+](=O)[O-])c1. The molecule has 0 spiro atoms. The van der Waals surface area contributed by atoms with Gasteiger partial charge in [0.05, 0.1) is 16.0 Å². The van der Waals surface area contributed by atoms with E-state index in [0.717, 1.165) is 0 Å². The zero-order chi connectivity index (χ0) is 14.3. The Morgan fingerprint density at radius 1 is 1.30 bits per heavy atom. The van der Waals surface area contributed by atoms with Crippen molar-refractivity contribution >= 4 is 16.7 Å². The van der Waals surface area contributed by atoms with Crippen LogP contribution in [0.15, 0.2) is 36.4 Å². The molecule has 0 aliphatic carbocycles. The van der Waals surface area contributed by atoms with E-state index < -0.39 is 10.7 Å². The summed E-state index contributed by atoms with van der Waals surface area (Å²) in [4.78, 5) is 17.6. The third-order valence-electron chi connectivity index (χ3n) is 3.04. The molecular formula is C14H10FN3O2. The number of imidazole rings is 1. The molecule has 2 aromatic carbocycles. The number of H-pyrrole nitrogens is 1. The topological polar surface area (TPSA) is 71.8 Å². The molecule has 0 atom stereocenters. The highest BCUT2D eigenvalue weighted by molar-refractivity contribution is 5.81. The van der Waals surface area contributed by atoms with Crippen molar-refractivity contribution in [3.05, 3.63) is 57.9 Å². The van der Waals surface area contributed by atoms with Crippen molar-refractivity contribution in [1.82, 2.24) is 9.97 Å². The van der Waals surface area contributed by atoms with Gasteiger partial charge in [-0.3, -0.25) is 10.1 Å². The van der Waals surface area contributed by atoms with Crippen LogP contribution in [0.5, 0.6) is 0 Å². The van der Waals surface area contributed by atoms with Crippen molar-refractivity contribution in [2.24, 2.45) is 0 Å². The molecule has 20 heavy (non-hydrogen) atoms. The lowest BCUT2D eigenvalue weighted by Gasteiger charge is -2.03. The lowest BCUT2D eigenvalue weighted by atomic mass is 10.1. The van der Waals surface area contributed by atoms with Crippen molar-refractivity contribution in [3.8, 4) is 11.4 Å². The number of aryl methyl sites for hydroxylation is 1. The van der Waals surface area contributed by atoms with Crippen LogP contribution in [0.2, 0.25) is 0 Å². The molecular weight excluding hydrogens is 261 g/mol. The van der Waals surface area contributed by atoms with Crippen LogP contribution in [0.3, 0.4) is 0 Å². The number of nitrogens with one attached hydrogen (secondary N) is 1. The van der Waals surface area contributed by atoms with Crippen molar-refractivity contribution in [1.29, 1.82) is 0 Å². The Balaban J connectivity index is 2.30. The Hall–Kier alpha value is -2.76. The summed E-state index contributed by atoms with van der Waals surface area (Å²) < 4.78 is 14.1. The van der Waals surface area contributed by atoms with Gasteiger partial charge >= 0.3 is 0 Å². The normalized spacial score (nSPS) is 10.9. The maximum Gasteiger partial charge on any atom is 0.283 e. The predicted octanol–water partition coefficient (Wildman–Crippen LogP) is 3.59. The van der Waals surface area contributed by atoms with E-state index in [1.54, 1.807) is 25.1 Å². The molecule has 3 aromatic rings. The maximum absolute atomic E-state index is 14.1. The zero-order valence-electron chi connectivity index (χ0n) is 10.6. The van der Waals surface area contributed by atoms with Crippen molar-refractivity contribution in [2.75, 3.05) is 0 Å². The van der Waals surface area contributed by atoms with Crippen molar-refractivity contribution in [2.45, 2.75) is 6.92 Å². The van der Waals surface area contributed by atoms with Gasteiger partial charge in [0.2, 0.25) is 0 Å². The number of benzene rings is 2. The smallest absolute Gasteiger partial charge is 0.283 e. The van der Waals surface area contributed by atoms with Crippen LogP contribution < -0.4 is 0 Å². The third kappa shape index (κ3) is 1.91. The monoisotopic (exact) mass is 271 g/mol. The Morgan fingerprint density at radius 3 is 2.75 bits per heavy atom. The molecule has 0 aliphatic heterocycles. The Labute approximate surface area is 113 Å². The number of nitrogens with zero attached hydrogens (tertiary/aromatic N) is 2. The van der Waals surface area contributed by atoms with E-state index >= 15 is 0 Å². The second-order valence-electron chi connectivity index (χ2n) is 4.50. The highest BCUT2D eigenvalue weighted by atomic mass is 19.1.